The molecule has 43 heavy (non-hydrogen) atoms. The number of anilines is 4. The zero-order chi connectivity index (χ0) is 29.3. The van der Waals surface area contributed by atoms with Crippen LogP contribution in [0.4, 0.5) is 23.0 Å². The van der Waals surface area contributed by atoms with Crippen molar-refractivity contribution >= 4 is 40.0 Å². The Labute approximate surface area is 250 Å². The van der Waals surface area contributed by atoms with Crippen LogP contribution in [0.3, 0.4) is 0 Å². The van der Waals surface area contributed by atoms with Crippen molar-refractivity contribution in [2.24, 2.45) is 5.73 Å². The third kappa shape index (κ3) is 5.73. The molecule has 3 saturated heterocycles. The second-order valence-corrected chi connectivity index (χ2v) is 11.7. The molecule has 4 aromatic rings. The van der Waals surface area contributed by atoms with Gasteiger partial charge in [-0.3, -0.25) is 9.69 Å². The molecule has 7 rings (SSSR count). The Balaban J connectivity index is 1.11. The van der Waals surface area contributed by atoms with Crippen LogP contribution < -0.4 is 21.3 Å². The van der Waals surface area contributed by atoms with Gasteiger partial charge < -0.3 is 35.9 Å². The molecule has 3 aromatic heterocycles. The minimum Gasteiger partial charge on any atom is -0.377 e. The molecular weight excluding hydrogens is 544 g/mol. The predicted molar refractivity (Wildman–Crippen MR) is 168 cm³/mol. The lowest BCUT2D eigenvalue weighted by Crippen LogP contribution is -2.52. The molecule has 5 N–H and O–H groups in total. The van der Waals surface area contributed by atoms with Crippen molar-refractivity contribution in [3.8, 4) is 11.3 Å². The summed E-state index contributed by atoms with van der Waals surface area (Å²) in [6.07, 6.45) is 5.90. The number of pyridine rings is 1. The monoisotopic (exact) mass is 582 g/mol. The Hall–Kier alpha value is -4.26. The van der Waals surface area contributed by atoms with Crippen molar-refractivity contribution in [2.75, 3.05) is 75.1 Å². The largest absolute Gasteiger partial charge is 0.377 e. The lowest BCUT2D eigenvalue weighted by molar-refractivity contribution is 0.0209. The molecule has 224 valence electrons. The van der Waals surface area contributed by atoms with Crippen LogP contribution in [0, 0.1) is 0 Å². The number of fused-ring (bicyclic) bond motifs is 1. The zero-order valence-electron chi connectivity index (χ0n) is 24.4. The molecule has 3 aliphatic rings. The number of piperidine rings is 1. The fraction of sp³-hybridized carbons (Fsp3) is 0.419. The number of amides is 1. The number of carbonyl (C=O) groups excluding carboxylic acids is 1. The lowest BCUT2D eigenvalue weighted by Gasteiger charge is -2.42. The quantitative estimate of drug-likeness (QED) is 0.245. The first-order valence-corrected chi connectivity index (χ1v) is 15.0. The molecule has 1 aromatic carbocycles. The molecule has 6 heterocycles. The number of piperazine rings is 1. The molecule has 0 spiro atoms. The van der Waals surface area contributed by atoms with E-state index < -0.39 is 5.91 Å². The maximum Gasteiger partial charge on any atom is 0.271 e. The number of hydrogen-bond acceptors (Lipinski definition) is 10. The van der Waals surface area contributed by atoms with E-state index in [1.807, 2.05) is 30.5 Å². The number of H-pyrrole nitrogens is 1. The minimum atomic E-state index is -0.658. The smallest absolute Gasteiger partial charge is 0.271 e. The fourth-order valence-corrected chi connectivity index (χ4v) is 6.23. The van der Waals surface area contributed by atoms with Crippen LogP contribution in [0.1, 0.15) is 23.3 Å². The van der Waals surface area contributed by atoms with Gasteiger partial charge in [0.2, 0.25) is 0 Å². The number of hydrogen-bond donors (Lipinski definition) is 4. The molecule has 12 nitrogen and oxygen atoms in total. The van der Waals surface area contributed by atoms with Gasteiger partial charge in [-0.2, -0.15) is 0 Å². The number of nitrogens with zero attached hydrogens (tertiary/aromatic N) is 6. The topological polar surface area (TPSA) is 141 Å². The predicted octanol–water partition coefficient (Wildman–Crippen LogP) is 2.89. The summed E-state index contributed by atoms with van der Waals surface area (Å²) < 4.78 is 5.38. The Morgan fingerprint density at radius 3 is 2.44 bits per heavy atom. The van der Waals surface area contributed by atoms with E-state index in [2.05, 4.69) is 54.5 Å². The van der Waals surface area contributed by atoms with E-state index in [0.29, 0.717) is 36.6 Å². The number of primary amides is 1. The third-order valence-electron chi connectivity index (χ3n) is 8.84. The lowest BCUT2D eigenvalue weighted by atomic mass is 10.0. The van der Waals surface area contributed by atoms with Crippen LogP contribution in [0.15, 0.2) is 48.8 Å². The summed E-state index contributed by atoms with van der Waals surface area (Å²) in [4.78, 5) is 37.3. The van der Waals surface area contributed by atoms with Crippen LogP contribution in [0.5, 0.6) is 0 Å². The van der Waals surface area contributed by atoms with Gasteiger partial charge >= 0.3 is 0 Å². The number of rotatable bonds is 8. The van der Waals surface area contributed by atoms with Gasteiger partial charge in [-0.1, -0.05) is 0 Å². The number of aromatic amines is 1. The van der Waals surface area contributed by atoms with Crippen LogP contribution in [0.25, 0.3) is 22.3 Å². The molecule has 0 bridgehead atoms. The summed E-state index contributed by atoms with van der Waals surface area (Å²) in [7, 11) is 2.21. The van der Waals surface area contributed by atoms with Crippen LogP contribution in [-0.2, 0) is 4.74 Å². The van der Waals surface area contributed by atoms with Crippen molar-refractivity contribution < 1.29 is 9.53 Å². The summed E-state index contributed by atoms with van der Waals surface area (Å²) in [5.41, 5.74) is 9.97. The maximum atomic E-state index is 12.6. The summed E-state index contributed by atoms with van der Waals surface area (Å²) in [5, 5.41) is 7.63. The number of benzene rings is 1. The van der Waals surface area contributed by atoms with Crippen molar-refractivity contribution in [1.82, 2.24) is 29.7 Å². The van der Waals surface area contributed by atoms with Crippen LogP contribution >= 0.6 is 0 Å². The van der Waals surface area contributed by atoms with Crippen molar-refractivity contribution in [1.29, 1.82) is 0 Å². The first kappa shape index (κ1) is 27.6. The van der Waals surface area contributed by atoms with Gasteiger partial charge in [0, 0.05) is 80.0 Å². The molecule has 0 saturated carbocycles. The molecule has 0 atom stereocenters. The highest BCUT2D eigenvalue weighted by atomic mass is 16.5. The maximum absolute atomic E-state index is 12.6. The molecule has 3 aliphatic heterocycles. The van der Waals surface area contributed by atoms with Crippen molar-refractivity contribution in [3.63, 3.8) is 0 Å². The van der Waals surface area contributed by atoms with Gasteiger partial charge in [-0.05, 0) is 56.3 Å². The van der Waals surface area contributed by atoms with Crippen LogP contribution in [-0.4, -0.2) is 107 Å². The average Bonchev–Trinajstić information content (AvgIpc) is 3.49. The SMILES string of the molecule is CN1CCN(C2CCN(c3ccc(Nc4nc(NC5COC5)c(-c5ccnc6[nH]ccc56)nc4C(N)=O)cc3)CC2)CC1. The van der Waals surface area contributed by atoms with E-state index in [0.717, 1.165) is 48.5 Å². The molecular formula is C31H38N10O2. The first-order valence-electron chi connectivity index (χ1n) is 15.0. The Morgan fingerprint density at radius 1 is 0.977 bits per heavy atom. The number of ether oxygens (including phenoxy) is 1. The summed E-state index contributed by atoms with van der Waals surface area (Å²) in [5.74, 6) is 0.197. The number of carbonyl (C=O) groups is 1. The highest BCUT2D eigenvalue weighted by molar-refractivity contribution is 6.00. The zero-order valence-corrected chi connectivity index (χ0v) is 24.4. The molecule has 0 unspecified atom stereocenters. The Kier molecular flexibility index (Phi) is 7.56. The summed E-state index contributed by atoms with van der Waals surface area (Å²) in [6.45, 7) is 7.90. The molecule has 0 aliphatic carbocycles. The van der Waals surface area contributed by atoms with Gasteiger partial charge in [-0.25, -0.2) is 15.0 Å². The van der Waals surface area contributed by atoms with E-state index in [-0.39, 0.29) is 11.7 Å². The summed E-state index contributed by atoms with van der Waals surface area (Å²) in [6, 6.07) is 12.8. The molecule has 1 amide bonds. The van der Waals surface area contributed by atoms with Gasteiger partial charge in [0.15, 0.2) is 17.3 Å². The van der Waals surface area contributed by atoms with E-state index >= 15 is 0 Å². The number of nitrogens with two attached hydrogens (primary N) is 1. The van der Waals surface area contributed by atoms with E-state index in [9.17, 15) is 4.79 Å². The third-order valence-corrected chi connectivity index (χ3v) is 8.84. The normalized spacial score (nSPS) is 19.0. The number of likely N-dealkylation sites (N-methyl/N-ethyl adjacent to an activating group) is 1. The van der Waals surface area contributed by atoms with Crippen molar-refractivity contribution in [2.45, 2.75) is 24.9 Å². The van der Waals surface area contributed by atoms with Gasteiger partial charge in [0.05, 0.1) is 19.3 Å². The van der Waals surface area contributed by atoms with E-state index in [1.54, 1.807) is 6.20 Å². The number of nitrogens with one attached hydrogen (secondary N) is 3. The molecule has 0 radical (unpaired) electrons. The highest BCUT2D eigenvalue weighted by Crippen LogP contribution is 2.34. The standard InChI is InChI=1S/C31H38N10O2/c1-39-14-16-41(17-15-39)23-8-12-40(13-9-23)22-4-2-20(3-5-22)35-31-27(28(32)42)37-26(30(38-31)36-21-18-43-19-21)24-6-10-33-29-25(24)7-11-34-29/h2-7,10-11,21,23H,8-9,12-19H2,1H3,(H2,32,42)(H,33,34)(H2,35,36,38). The van der Waals surface area contributed by atoms with Crippen LogP contribution in [0.2, 0.25) is 0 Å². The Morgan fingerprint density at radius 2 is 1.74 bits per heavy atom. The summed E-state index contributed by atoms with van der Waals surface area (Å²) >= 11 is 0. The number of aromatic nitrogens is 4. The Bertz CT molecular complexity index is 1590. The van der Waals surface area contributed by atoms with E-state index in [1.165, 1.54) is 31.6 Å². The van der Waals surface area contributed by atoms with Gasteiger partial charge in [-0.15, -0.1) is 0 Å². The highest BCUT2D eigenvalue weighted by Gasteiger charge is 2.28. The fourth-order valence-electron chi connectivity index (χ4n) is 6.23. The van der Waals surface area contributed by atoms with E-state index in [4.69, 9.17) is 20.4 Å². The van der Waals surface area contributed by atoms with Crippen molar-refractivity contribution in [3.05, 3.63) is 54.5 Å². The van der Waals surface area contributed by atoms with Gasteiger partial charge in [0.1, 0.15) is 11.3 Å². The second-order valence-electron chi connectivity index (χ2n) is 11.7. The first-order chi connectivity index (χ1) is 21.0. The minimum absolute atomic E-state index is 0.0703. The molecule has 3 fully saturated rings. The van der Waals surface area contributed by atoms with Gasteiger partial charge in [0.25, 0.3) is 5.91 Å². The average molecular weight is 583 g/mol. The second kappa shape index (κ2) is 11.8. The molecule has 12 heteroatoms.